The molecule has 0 heterocycles. The van der Waals surface area contributed by atoms with Gasteiger partial charge in [-0.3, -0.25) is 10.1 Å². The molecule has 0 unspecified atom stereocenters. The second kappa shape index (κ2) is 9.09. The first-order valence-electron chi connectivity index (χ1n) is 8.53. The number of ether oxygens (including phenoxy) is 2. The second-order valence-electron chi connectivity index (χ2n) is 5.82. The minimum atomic E-state index is -1.18. The van der Waals surface area contributed by atoms with E-state index < -0.39 is 17.0 Å². The van der Waals surface area contributed by atoms with Gasteiger partial charge < -0.3 is 9.47 Å². The van der Waals surface area contributed by atoms with E-state index in [1.54, 1.807) is 42.5 Å². The minimum absolute atomic E-state index is 0.0534. The Kier molecular flexibility index (Phi) is 6.12. The van der Waals surface area contributed by atoms with E-state index in [1.807, 2.05) is 18.2 Å². The summed E-state index contributed by atoms with van der Waals surface area (Å²) < 4.78 is 9.79. The van der Waals surface area contributed by atoms with Gasteiger partial charge in [0.15, 0.2) is 0 Å². The molecule has 0 spiro atoms. The summed E-state index contributed by atoms with van der Waals surface area (Å²) in [6, 6.07) is 21.4. The molecule has 0 aliphatic carbocycles. The average Bonchev–Trinajstić information content (AvgIpc) is 2.73. The van der Waals surface area contributed by atoms with Crippen molar-refractivity contribution in [3.8, 4) is 16.9 Å². The van der Waals surface area contributed by atoms with Crippen LogP contribution < -0.4 is 4.74 Å². The predicted octanol–water partition coefficient (Wildman–Crippen LogP) is 5.02. The van der Waals surface area contributed by atoms with Crippen molar-refractivity contribution in [2.75, 3.05) is 0 Å². The maximum atomic E-state index is 12.0. The van der Waals surface area contributed by atoms with Crippen molar-refractivity contribution in [1.29, 1.82) is 0 Å². The number of para-hydroxylation sites is 1. The summed E-state index contributed by atoms with van der Waals surface area (Å²) in [6.07, 6.45) is 1.46. The Balaban J connectivity index is 1.68. The Morgan fingerprint density at radius 2 is 1.52 bits per heavy atom. The highest BCUT2D eigenvalue weighted by Gasteiger charge is 2.15. The highest BCUT2D eigenvalue weighted by atomic mass is 16.7. The van der Waals surface area contributed by atoms with Gasteiger partial charge in [-0.25, -0.2) is 9.59 Å². The van der Waals surface area contributed by atoms with Gasteiger partial charge in [0, 0.05) is 23.8 Å². The van der Waals surface area contributed by atoms with Gasteiger partial charge in [0.1, 0.15) is 5.75 Å². The molecule has 0 saturated heterocycles. The quantitative estimate of drug-likeness (QED) is 0.152. The van der Waals surface area contributed by atoms with Crippen LogP contribution >= 0.6 is 0 Å². The van der Waals surface area contributed by atoms with Gasteiger partial charge in [0.25, 0.3) is 5.69 Å². The minimum Gasteiger partial charge on any atom is -0.394 e. The zero-order chi connectivity index (χ0) is 20.6. The van der Waals surface area contributed by atoms with Crippen LogP contribution in [0.4, 0.5) is 10.5 Å². The van der Waals surface area contributed by atoms with Crippen LogP contribution in [-0.2, 0) is 9.53 Å². The van der Waals surface area contributed by atoms with E-state index in [0.29, 0.717) is 11.1 Å². The highest BCUT2D eigenvalue weighted by molar-refractivity contribution is 5.93. The molecule has 0 aromatic heterocycles. The lowest BCUT2D eigenvalue weighted by Gasteiger charge is -2.09. The fourth-order valence-corrected chi connectivity index (χ4v) is 2.51. The summed E-state index contributed by atoms with van der Waals surface area (Å²) in [5.74, 6) is -0.710. The van der Waals surface area contributed by atoms with Gasteiger partial charge in [0.05, 0.1) is 4.92 Å². The molecule has 0 radical (unpaired) electrons. The Labute approximate surface area is 166 Å². The summed E-state index contributed by atoms with van der Waals surface area (Å²) in [6.45, 7) is 0. The standard InChI is InChI=1S/C22H15NO6/c24-21(15-10-16-6-2-1-3-7-16)29-22(25)28-20-9-5-4-8-19(20)17-11-13-18(14-12-17)23(26)27/h1-15H/b15-10+. The zero-order valence-corrected chi connectivity index (χ0v) is 15.1. The summed E-state index contributed by atoms with van der Waals surface area (Å²) in [5, 5.41) is 10.8. The van der Waals surface area contributed by atoms with Crippen molar-refractivity contribution >= 4 is 23.9 Å². The Morgan fingerprint density at radius 1 is 0.862 bits per heavy atom. The number of carbonyl (C=O) groups is 2. The Bertz CT molecular complexity index is 1060. The first-order valence-corrected chi connectivity index (χ1v) is 8.53. The van der Waals surface area contributed by atoms with Crippen LogP contribution in [0.25, 0.3) is 17.2 Å². The van der Waals surface area contributed by atoms with Crippen LogP contribution in [0, 0.1) is 10.1 Å². The van der Waals surface area contributed by atoms with Crippen LogP contribution in [0.3, 0.4) is 0 Å². The van der Waals surface area contributed by atoms with Gasteiger partial charge >= 0.3 is 12.1 Å². The molecule has 7 heteroatoms. The topological polar surface area (TPSA) is 95.7 Å². The number of rotatable bonds is 5. The summed E-state index contributed by atoms with van der Waals surface area (Å²) in [5.41, 5.74) is 1.85. The van der Waals surface area contributed by atoms with E-state index >= 15 is 0 Å². The lowest BCUT2D eigenvalue weighted by Crippen LogP contribution is -2.15. The molecule has 0 bridgehead atoms. The molecule has 0 saturated carbocycles. The molecule has 0 fully saturated rings. The average molecular weight is 389 g/mol. The van der Waals surface area contributed by atoms with Gasteiger partial charge in [-0.15, -0.1) is 0 Å². The normalized spacial score (nSPS) is 10.5. The van der Waals surface area contributed by atoms with Crippen LogP contribution in [0.1, 0.15) is 5.56 Å². The number of nitro benzene ring substituents is 1. The van der Waals surface area contributed by atoms with Crippen LogP contribution in [-0.4, -0.2) is 17.0 Å². The van der Waals surface area contributed by atoms with Crippen LogP contribution in [0.2, 0.25) is 0 Å². The number of carbonyl (C=O) groups excluding carboxylic acids is 2. The predicted molar refractivity (Wildman–Crippen MR) is 106 cm³/mol. The third kappa shape index (κ3) is 5.36. The molecule has 0 aliphatic heterocycles. The number of non-ortho nitro benzene ring substituents is 1. The molecule has 0 amide bonds. The number of nitro groups is 1. The van der Waals surface area contributed by atoms with E-state index in [-0.39, 0.29) is 11.4 Å². The lowest BCUT2D eigenvalue weighted by molar-refractivity contribution is -0.384. The van der Waals surface area contributed by atoms with E-state index in [4.69, 9.17) is 4.74 Å². The number of hydrogen-bond acceptors (Lipinski definition) is 6. The summed E-state index contributed by atoms with van der Waals surface area (Å²) in [7, 11) is 0. The first kappa shape index (κ1) is 19.5. The number of hydrogen-bond donors (Lipinski definition) is 0. The fourth-order valence-electron chi connectivity index (χ4n) is 2.51. The molecule has 3 rings (SSSR count). The number of nitrogens with zero attached hydrogens (tertiary/aromatic N) is 1. The van der Waals surface area contributed by atoms with Crippen molar-refractivity contribution in [3.63, 3.8) is 0 Å². The monoisotopic (exact) mass is 389 g/mol. The molecule has 3 aromatic rings. The SMILES string of the molecule is O=C(/C=C/c1ccccc1)OC(=O)Oc1ccccc1-c1ccc([N+](=O)[O-])cc1. The summed E-state index contributed by atoms with van der Waals surface area (Å²) >= 11 is 0. The van der Waals surface area contributed by atoms with Gasteiger partial charge in [-0.05, 0) is 35.4 Å². The summed E-state index contributed by atoms with van der Waals surface area (Å²) in [4.78, 5) is 34.1. The van der Waals surface area contributed by atoms with E-state index in [9.17, 15) is 19.7 Å². The molecule has 144 valence electrons. The zero-order valence-electron chi connectivity index (χ0n) is 15.1. The van der Waals surface area contributed by atoms with E-state index in [2.05, 4.69) is 4.74 Å². The smallest absolute Gasteiger partial charge is 0.394 e. The molecule has 3 aromatic carbocycles. The third-order valence-corrected chi connectivity index (χ3v) is 3.86. The highest BCUT2D eigenvalue weighted by Crippen LogP contribution is 2.31. The van der Waals surface area contributed by atoms with Gasteiger partial charge in [-0.1, -0.05) is 48.5 Å². The van der Waals surface area contributed by atoms with Crippen LogP contribution in [0.15, 0.2) is 84.9 Å². The van der Waals surface area contributed by atoms with Gasteiger partial charge in [0.2, 0.25) is 0 Å². The second-order valence-corrected chi connectivity index (χ2v) is 5.82. The third-order valence-electron chi connectivity index (χ3n) is 3.86. The van der Waals surface area contributed by atoms with Crippen molar-refractivity contribution in [2.45, 2.75) is 0 Å². The fraction of sp³-hybridized carbons (Fsp3) is 0. The Hall–Kier alpha value is -4.26. The van der Waals surface area contributed by atoms with E-state index in [0.717, 1.165) is 11.6 Å². The van der Waals surface area contributed by atoms with E-state index in [1.165, 1.54) is 24.3 Å². The van der Waals surface area contributed by atoms with Crippen molar-refractivity contribution < 1.29 is 24.0 Å². The lowest BCUT2D eigenvalue weighted by atomic mass is 10.0. The molecular weight excluding hydrogens is 374 g/mol. The van der Waals surface area contributed by atoms with Crippen molar-refractivity contribution in [3.05, 3.63) is 101 Å². The number of esters is 1. The van der Waals surface area contributed by atoms with Crippen molar-refractivity contribution in [2.24, 2.45) is 0 Å². The maximum absolute atomic E-state index is 12.0. The largest absolute Gasteiger partial charge is 0.521 e. The molecular formula is C22H15NO6. The molecule has 0 atom stereocenters. The van der Waals surface area contributed by atoms with Crippen LogP contribution in [0.5, 0.6) is 5.75 Å². The molecule has 0 N–H and O–H groups in total. The molecule has 7 nitrogen and oxygen atoms in total. The first-order chi connectivity index (χ1) is 14.0. The van der Waals surface area contributed by atoms with Crippen molar-refractivity contribution in [1.82, 2.24) is 0 Å². The number of benzene rings is 3. The maximum Gasteiger partial charge on any atom is 0.521 e. The Morgan fingerprint density at radius 3 is 2.21 bits per heavy atom. The van der Waals surface area contributed by atoms with Gasteiger partial charge in [-0.2, -0.15) is 0 Å². The molecule has 0 aliphatic rings. The molecule has 29 heavy (non-hydrogen) atoms.